The topological polar surface area (TPSA) is 127 Å². The smallest absolute Gasteiger partial charge is 0.414 e. The van der Waals surface area contributed by atoms with Crippen molar-refractivity contribution in [2.75, 3.05) is 50.1 Å². The zero-order valence-corrected chi connectivity index (χ0v) is 40.8. The Bertz CT molecular complexity index is 2760. The number of nitrogens with one attached hydrogen (secondary N) is 1. The van der Waals surface area contributed by atoms with Gasteiger partial charge in [-0.25, -0.2) is 14.4 Å². The van der Waals surface area contributed by atoms with Crippen LogP contribution in [0.25, 0.3) is 33.1 Å². The molecule has 0 atom stereocenters. The fourth-order valence-electron chi connectivity index (χ4n) is 7.33. The van der Waals surface area contributed by atoms with Crippen LogP contribution in [0.1, 0.15) is 55.9 Å². The highest BCUT2D eigenvalue weighted by Gasteiger charge is 2.25. The number of rotatable bonds is 8. The number of fused-ring (bicyclic) bond motifs is 2. The van der Waals surface area contributed by atoms with Crippen LogP contribution in [0.15, 0.2) is 106 Å². The molecule has 4 heterocycles. The first kappa shape index (κ1) is 50.1. The van der Waals surface area contributed by atoms with Gasteiger partial charge in [0.2, 0.25) is 0 Å². The fraction of sp³-hybridized carbons (Fsp3) is 0.286. The second-order valence-corrected chi connectivity index (χ2v) is 18.3. The number of amides is 3. The quantitative estimate of drug-likeness (QED) is 0.148. The van der Waals surface area contributed by atoms with E-state index in [0.717, 1.165) is 58.1 Å². The Kier molecular flexibility index (Phi) is 16.7. The highest BCUT2D eigenvalue weighted by molar-refractivity contribution is 6.35. The van der Waals surface area contributed by atoms with Crippen LogP contribution in [0, 0.1) is 0 Å². The van der Waals surface area contributed by atoms with Gasteiger partial charge in [-0.05, 0) is 134 Å². The van der Waals surface area contributed by atoms with Crippen LogP contribution in [0.4, 0.5) is 25.8 Å². The maximum Gasteiger partial charge on any atom is 0.414 e. The molecule has 0 bridgehead atoms. The van der Waals surface area contributed by atoms with E-state index in [1.165, 1.54) is 21.6 Å². The number of hydrogen-bond acceptors (Lipinski definition) is 9. The van der Waals surface area contributed by atoms with Crippen LogP contribution in [-0.2, 0) is 27.4 Å². The molecule has 0 spiro atoms. The number of carbonyl (C=O) groups excluding carboxylic acids is 3. The van der Waals surface area contributed by atoms with Gasteiger partial charge in [-0.15, -0.1) is 12.4 Å². The molecule has 0 unspecified atom stereocenters. The molecule has 2 aromatic heterocycles. The Morgan fingerprint density at radius 2 is 1.15 bits per heavy atom. The highest BCUT2D eigenvalue weighted by atomic mass is 35.5. The third kappa shape index (κ3) is 12.8. The molecule has 12 nitrogen and oxygen atoms in total. The van der Waals surface area contributed by atoms with Crippen LogP contribution >= 0.6 is 58.8 Å². The number of hydrogen-bond donors (Lipinski definition) is 1. The van der Waals surface area contributed by atoms with E-state index in [-0.39, 0.29) is 31.7 Å². The maximum atomic E-state index is 12.7. The van der Waals surface area contributed by atoms with Crippen molar-refractivity contribution in [2.24, 2.45) is 0 Å². The minimum absolute atomic E-state index is 0. The van der Waals surface area contributed by atoms with Gasteiger partial charge in [0, 0.05) is 64.6 Å². The van der Waals surface area contributed by atoms with Crippen molar-refractivity contribution >= 4 is 122 Å². The van der Waals surface area contributed by atoms with E-state index in [4.69, 9.17) is 69.4 Å². The lowest BCUT2D eigenvalue weighted by Gasteiger charge is -2.29. The summed E-state index contributed by atoms with van der Waals surface area (Å²) in [5.74, 6) is 0. The third-order valence-corrected chi connectivity index (χ3v) is 11.5. The Labute approximate surface area is 409 Å². The van der Waals surface area contributed by atoms with Gasteiger partial charge in [0.15, 0.2) is 0 Å². The minimum atomic E-state index is -0.538. The Morgan fingerprint density at radius 3 is 1.56 bits per heavy atom. The largest absolute Gasteiger partial charge is 0.462 e. The molecule has 66 heavy (non-hydrogen) atoms. The molecule has 348 valence electrons. The van der Waals surface area contributed by atoms with Crippen LogP contribution < -0.4 is 15.1 Å². The van der Waals surface area contributed by atoms with E-state index in [1.54, 1.807) is 61.7 Å². The van der Waals surface area contributed by atoms with Gasteiger partial charge >= 0.3 is 18.3 Å². The molecule has 1 N–H and O–H groups in total. The second kappa shape index (κ2) is 22.0. The van der Waals surface area contributed by atoms with E-state index < -0.39 is 17.8 Å². The first-order valence-corrected chi connectivity index (χ1v) is 22.3. The summed E-state index contributed by atoms with van der Waals surface area (Å²) in [6, 6.07) is 22.0. The van der Waals surface area contributed by atoms with Gasteiger partial charge < -0.3 is 33.3 Å². The van der Waals surface area contributed by atoms with Crippen LogP contribution in [-0.4, -0.2) is 69.1 Å². The molecule has 3 amide bonds. The predicted octanol–water partition coefficient (Wildman–Crippen LogP) is 13.8. The van der Waals surface area contributed by atoms with Gasteiger partial charge in [-0.1, -0.05) is 70.7 Å². The number of anilines is 2. The Balaban J connectivity index is 0.000000220. The number of carbonyl (C=O) groups is 3. The molecular formula is C49H49Cl5N4O8. The molecule has 0 fully saturated rings. The van der Waals surface area contributed by atoms with E-state index in [2.05, 4.69) is 17.5 Å². The summed E-state index contributed by atoms with van der Waals surface area (Å²) >= 11 is 24.0. The molecule has 6 aromatic rings. The molecule has 4 aromatic carbocycles. The highest BCUT2D eigenvalue weighted by Crippen LogP contribution is 2.35. The molecule has 0 saturated carbocycles. The van der Waals surface area contributed by atoms with E-state index in [9.17, 15) is 14.4 Å². The van der Waals surface area contributed by atoms with E-state index in [1.807, 2.05) is 57.2 Å². The van der Waals surface area contributed by atoms with Crippen molar-refractivity contribution in [1.29, 1.82) is 0 Å². The second-order valence-electron chi connectivity index (χ2n) is 16.5. The number of halogens is 5. The van der Waals surface area contributed by atoms with E-state index >= 15 is 0 Å². The molecule has 2 aliphatic rings. The molecule has 2 aliphatic heterocycles. The van der Waals surface area contributed by atoms with Crippen molar-refractivity contribution < 1.29 is 37.4 Å². The summed E-state index contributed by atoms with van der Waals surface area (Å²) in [5, 5.41) is 6.91. The summed E-state index contributed by atoms with van der Waals surface area (Å²) in [7, 11) is 3.29. The summed E-state index contributed by atoms with van der Waals surface area (Å²) in [6.07, 6.45) is 7.65. The summed E-state index contributed by atoms with van der Waals surface area (Å²) in [4.78, 5) is 42.2. The Hall–Kier alpha value is -5.34. The molecule has 0 saturated heterocycles. The standard InChI is InChI=1S/C27H28Cl2N2O5.C22H20Cl2N2O3.ClH/c1-27(2,3)36-26(33)31-9-7-18(8-10-31)19-5-6-24-22(13-19)23(16-34-24)30(4)25(32)35-15-17-11-20(28)14-21(29)12-17;1-26(22(27)29-12-14-8-17(23)11-18(24)9-14)20-13-28-21-3-2-16(10-19(20)21)15-4-6-25-7-5-15;/h5-7,11-14,16H,8-10,15H2,1-4H3;2-4,8-11,13,25H,5-7,12H2,1H3;1H. The average molecular weight is 999 g/mol. The van der Waals surface area contributed by atoms with Gasteiger partial charge in [-0.3, -0.25) is 9.80 Å². The van der Waals surface area contributed by atoms with Crippen LogP contribution in [0.2, 0.25) is 20.1 Å². The van der Waals surface area contributed by atoms with Crippen molar-refractivity contribution in [2.45, 2.75) is 52.4 Å². The van der Waals surface area contributed by atoms with Crippen LogP contribution in [0.5, 0.6) is 0 Å². The summed E-state index contributed by atoms with van der Waals surface area (Å²) in [5.41, 5.74) is 8.06. The normalized spacial score (nSPS) is 13.7. The SMILES string of the molecule is CN(C(=O)OCc1cc(Cl)cc(Cl)c1)c1coc2ccc(C3=CCN(C(=O)OC(C)(C)C)CC3)cc12.CN(C(=O)OCc1cc(Cl)cc(Cl)c1)c1coc2ccc(C3=CCNCC3)cc12.Cl. The van der Waals surface area contributed by atoms with Crippen molar-refractivity contribution in [3.63, 3.8) is 0 Å². The number of ether oxygens (including phenoxy) is 3. The summed E-state index contributed by atoms with van der Waals surface area (Å²) in [6.45, 7) is 8.54. The summed E-state index contributed by atoms with van der Waals surface area (Å²) < 4.78 is 27.7. The van der Waals surface area contributed by atoms with Gasteiger partial charge in [0.05, 0.1) is 11.4 Å². The lowest BCUT2D eigenvalue weighted by Crippen LogP contribution is -2.39. The first-order chi connectivity index (χ1) is 31.0. The molecule has 17 heteroatoms. The first-order valence-electron chi connectivity index (χ1n) is 20.8. The fourth-order valence-corrected chi connectivity index (χ4v) is 8.47. The third-order valence-electron chi connectivity index (χ3n) is 10.6. The minimum Gasteiger partial charge on any atom is -0.462 e. The van der Waals surface area contributed by atoms with Crippen molar-refractivity contribution in [3.05, 3.63) is 140 Å². The zero-order chi connectivity index (χ0) is 46.4. The molecule has 0 aliphatic carbocycles. The van der Waals surface area contributed by atoms with Crippen LogP contribution in [0.3, 0.4) is 0 Å². The lowest BCUT2D eigenvalue weighted by molar-refractivity contribution is 0.0270. The van der Waals surface area contributed by atoms with E-state index in [0.29, 0.717) is 62.1 Å². The predicted molar refractivity (Wildman–Crippen MR) is 266 cm³/mol. The average Bonchev–Trinajstić information content (AvgIpc) is 3.90. The Morgan fingerprint density at radius 1 is 0.682 bits per heavy atom. The monoisotopic (exact) mass is 996 g/mol. The number of benzene rings is 4. The molecule has 8 rings (SSSR count). The number of furan rings is 2. The number of nitrogens with zero attached hydrogens (tertiary/aromatic N) is 3. The molecule has 0 radical (unpaired) electrons. The van der Waals surface area contributed by atoms with Gasteiger partial charge in [0.25, 0.3) is 0 Å². The van der Waals surface area contributed by atoms with Gasteiger partial charge in [0.1, 0.15) is 42.5 Å². The lowest BCUT2D eigenvalue weighted by atomic mass is 9.98. The van der Waals surface area contributed by atoms with Crippen molar-refractivity contribution in [1.82, 2.24) is 10.2 Å². The zero-order valence-electron chi connectivity index (χ0n) is 36.9. The molecular weight excluding hydrogens is 950 g/mol. The van der Waals surface area contributed by atoms with Crippen molar-refractivity contribution in [3.8, 4) is 0 Å². The maximum absolute atomic E-state index is 12.7. The van der Waals surface area contributed by atoms with Gasteiger partial charge in [-0.2, -0.15) is 0 Å².